The molecule has 0 bridgehead atoms. The van der Waals surface area contributed by atoms with E-state index in [-0.39, 0.29) is 0 Å². The summed E-state index contributed by atoms with van der Waals surface area (Å²) in [5.74, 6) is 1.11. The Bertz CT molecular complexity index is 726. The predicted molar refractivity (Wildman–Crippen MR) is 91.7 cm³/mol. The molecule has 23 heavy (non-hydrogen) atoms. The van der Waals surface area contributed by atoms with E-state index in [2.05, 4.69) is 40.1 Å². The topological polar surface area (TPSA) is 28.6 Å². The lowest BCUT2D eigenvalue weighted by atomic mass is 9.78. The average molecular weight is 309 g/mol. The van der Waals surface area contributed by atoms with Gasteiger partial charge in [-0.1, -0.05) is 6.07 Å². The van der Waals surface area contributed by atoms with Crippen LogP contribution in [0.1, 0.15) is 18.4 Å². The first-order chi connectivity index (χ1) is 11.3. The molecule has 0 aliphatic carbocycles. The molecule has 3 aliphatic rings. The third-order valence-electron chi connectivity index (χ3n) is 5.54. The summed E-state index contributed by atoms with van der Waals surface area (Å²) in [5.41, 5.74) is 2.96. The third kappa shape index (κ3) is 2.41. The van der Waals surface area contributed by atoms with Crippen LogP contribution in [0.5, 0.6) is 0 Å². The van der Waals surface area contributed by atoms with Crippen molar-refractivity contribution >= 4 is 16.7 Å². The molecule has 3 fully saturated rings. The summed E-state index contributed by atoms with van der Waals surface area (Å²) in [6.45, 7) is 7.61. The maximum Gasteiger partial charge on any atom is 0.129 e. The van der Waals surface area contributed by atoms with Gasteiger partial charge in [0.25, 0.3) is 0 Å². The summed E-state index contributed by atoms with van der Waals surface area (Å²) in [6.07, 6.45) is 2.70. The molecule has 0 amide bonds. The van der Waals surface area contributed by atoms with Gasteiger partial charge in [0, 0.05) is 25.0 Å². The number of nitrogens with zero attached hydrogens (tertiary/aromatic N) is 3. The van der Waals surface area contributed by atoms with Crippen LogP contribution in [-0.2, 0) is 11.3 Å². The first-order valence-electron chi connectivity index (χ1n) is 8.75. The van der Waals surface area contributed by atoms with Gasteiger partial charge in [0.1, 0.15) is 5.82 Å². The Morgan fingerprint density at radius 3 is 2.61 bits per heavy atom. The molecule has 0 saturated carbocycles. The SMILES string of the molecule is c1cc2nc(N3CC4(COC4)C3)ccc2cc1CN1CCCC1. The van der Waals surface area contributed by atoms with E-state index in [9.17, 15) is 0 Å². The normalized spacial score (nSPS) is 23.2. The monoisotopic (exact) mass is 309 g/mol. The molecule has 0 atom stereocenters. The fourth-order valence-corrected chi connectivity index (χ4v) is 4.14. The minimum Gasteiger partial charge on any atom is -0.380 e. The molecule has 2 aromatic rings. The van der Waals surface area contributed by atoms with Gasteiger partial charge in [-0.3, -0.25) is 4.90 Å². The van der Waals surface area contributed by atoms with Crippen LogP contribution in [0.15, 0.2) is 30.3 Å². The number of fused-ring (bicyclic) bond motifs is 1. The second kappa shape index (κ2) is 5.18. The number of hydrogen-bond acceptors (Lipinski definition) is 4. The van der Waals surface area contributed by atoms with Crippen molar-refractivity contribution in [2.45, 2.75) is 19.4 Å². The Balaban J connectivity index is 1.34. The van der Waals surface area contributed by atoms with Crippen LogP contribution in [0.2, 0.25) is 0 Å². The summed E-state index contributed by atoms with van der Waals surface area (Å²) in [6, 6.07) is 11.1. The zero-order valence-electron chi connectivity index (χ0n) is 13.5. The Labute approximate surface area is 137 Å². The number of likely N-dealkylation sites (tertiary alicyclic amines) is 1. The van der Waals surface area contributed by atoms with Crippen molar-refractivity contribution in [3.63, 3.8) is 0 Å². The maximum absolute atomic E-state index is 5.35. The zero-order chi connectivity index (χ0) is 15.3. The van der Waals surface area contributed by atoms with Crippen molar-refractivity contribution in [2.75, 3.05) is 44.3 Å². The van der Waals surface area contributed by atoms with E-state index in [0.29, 0.717) is 5.41 Å². The Morgan fingerprint density at radius 1 is 1.04 bits per heavy atom. The lowest BCUT2D eigenvalue weighted by molar-refractivity contribution is -0.127. The first kappa shape index (κ1) is 13.8. The van der Waals surface area contributed by atoms with Gasteiger partial charge in [-0.2, -0.15) is 0 Å². The Hall–Kier alpha value is -1.65. The average Bonchev–Trinajstić information content (AvgIpc) is 2.97. The molecule has 3 saturated heterocycles. The highest BCUT2D eigenvalue weighted by molar-refractivity contribution is 5.81. The Kier molecular flexibility index (Phi) is 3.10. The van der Waals surface area contributed by atoms with Crippen LogP contribution in [0.4, 0.5) is 5.82 Å². The molecule has 120 valence electrons. The van der Waals surface area contributed by atoms with Crippen LogP contribution in [0, 0.1) is 5.41 Å². The molecule has 4 heterocycles. The molecule has 5 rings (SSSR count). The second-order valence-electron chi connectivity index (χ2n) is 7.53. The molecule has 0 unspecified atom stereocenters. The maximum atomic E-state index is 5.35. The molecule has 4 heteroatoms. The van der Waals surface area contributed by atoms with Gasteiger partial charge in [-0.25, -0.2) is 4.98 Å². The highest BCUT2D eigenvalue weighted by Crippen LogP contribution is 2.39. The predicted octanol–water partition coefficient (Wildman–Crippen LogP) is 2.67. The number of aromatic nitrogens is 1. The highest BCUT2D eigenvalue weighted by atomic mass is 16.5. The molecule has 0 radical (unpaired) electrons. The van der Waals surface area contributed by atoms with Crippen molar-refractivity contribution in [1.29, 1.82) is 0 Å². The zero-order valence-corrected chi connectivity index (χ0v) is 13.5. The van der Waals surface area contributed by atoms with Gasteiger partial charge in [0.15, 0.2) is 0 Å². The van der Waals surface area contributed by atoms with Gasteiger partial charge in [0.05, 0.1) is 24.1 Å². The molecule has 3 aliphatic heterocycles. The summed E-state index contributed by atoms with van der Waals surface area (Å²) < 4.78 is 5.35. The van der Waals surface area contributed by atoms with Crippen LogP contribution >= 0.6 is 0 Å². The van der Waals surface area contributed by atoms with Crippen molar-refractivity contribution in [3.05, 3.63) is 35.9 Å². The summed E-state index contributed by atoms with van der Waals surface area (Å²) in [4.78, 5) is 9.79. The summed E-state index contributed by atoms with van der Waals surface area (Å²) >= 11 is 0. The van der Waals surface area contributed by atoms with Crippen molar-refractivity contribution in [3.8, 4) is 0 Å². The fourth-order valence-electron chi connectivity index (χ4n) is 4.14. The number of anilines is 1. The van der Waals surface area contributed by atoms with E-state index in [0.717, 1.165) is 44.2 Å². The van der Waals surface area contributed by atoms with E-state index in [1.165, 1.54) is 36.9 Å². The lowest BCUT2D eigenvalue weighted by Gasteiger charge is -2.55. The first-order valence-corrected chi connectivity index (χ1v) is 8.75. The molecule has 4 nitrogen and oxygen atoms in total. The number of benzene rings is 1. The van der Waals surface area contributed by atoms with Gasteiger partial charge in [-0.15, -0.1) is 0 Å². The van der Waals surface area contributed by atoms with Crippen molar-refractivity contribution in [1.82, 2.24) is 9.88 Å². The molecular formula is C19H23N3O. The van der Waals surface area contributed by atoms with E-state index >= 15 is 0 Å². The number of ether oxygens (including phenoxy) is 1. The highest BCUT2D eigenvalue weighted by Gasteiger charge is 2.49. The van der Waals surface area contributed by atoms with Gasteiger partial charge < -0.3 is 9.64 Å². The molecular weight excluding hydrogens is 286 g/mol. The minimum atomic E-state index is 0.441. The van der Waals surface area contributed by atoms with Crippen LogP contribution in [0.3, 0.4) is 0 Å². The second-order valence-corrected chi connectivity index (χ2v) is 7.53. The number of rotatable bonds is 3. The molecule has 1 aromatic carbocycles. The van der Waals surface area contributed by atoms with Gasteiger partial charge in [-0.05, 0) is 55.8 Å². The van der Waals surface area contributed by atoms with Crippen LogP contribution in [-0.4, -0.2) is 49.3 Å². The minimum absolute atomic E-state index is 0.441. The van der Waals surface area contributed by atoms with Gasteiger partial charge >= 0.3 is 0 Å². The van der Waals surface area contributed by atoms with Gasteiger partial charge in [0.2, 0.25) is 0 Å². The van der Waals surface area contributed by atoms with Crippen molar-refractivity contribution < 1.29 is 4.74 Å². The quantitative estimate of drug-likeness (QED) is 0.871. The number of hydrogen-bond donors (Lipinski definition) is 0. The van der Waals surface area contributed by atoms with Crippen LogP contribution < -0.4 is 4.90 Å². The molecule has 0 N–H and O–H groups in total. The summed E-state index contributed by atoms with van der Waals surface area (Å²) in [5, 5.41) is 1.26. The number of pyridine rings is 1. The van der Waals surface area contributed by atoms with E-state index in [1.807, 2.05) is 0 Å². The fraction of sp³-hybridized carbons (Fsp3) is 0.526. The standard InChI is InChI=1S/C19H23N3O/c1-2-8-21(7-1)10-15-3-5-17-16(9-15)4-6-18(20-17)22-11-19(12-22)13-23-14-19/h3-6,9H,1-2,7-8,10-14H2. The van der Waals surface area contributed by atoms with E-state index < -0.39 is 0 Å². The Morgan fingerprint density at radius 2 is 1.87 bits per heavy atom. The molecule has 1 aromatic heterocycles. The van der Waals surface area contributed by atoms with E-state index in [4.69, 9.17) is 9.72 Å². The summed E-state index contributed by atoms with van der Waals surface area (Å²) in [7, 11) is 0. The lowest BCUT2D eigenvalue weighted by Crippen LogP contribution is -2.66. The molecule has 1 spiro atoms. The van der Waals surface area contributed by atoms with Crippen molar-refractivity contribution in [2.24, 2.45) is 5.41 Å². The third-order valence-corrected chi connectivity index (χ3v) is 5.54. The van der Waals surface area contributed by atoms with E-state index in [1.54, 1.807) is 0 Å². The smallest absolute Gasteiger partial charge is 0.129 e. The largest absolute Gasteiger partial charge is 0.380 e. The van der Waals surface area contributed by atoms with Crippen LogP contribution in [0.25, 0.3) is 10.9 Å².